The van der Waals surface area contributed by atoms with Gasteiger partial charge in [0.2, 0.25) is 0 Å². The highest BCUT2D eigenvalue weighted by molar-refractivity contribution is 6.02. The molecule has 0 radical (unpaired) electrons. The number of hydrogen-bond donors (Lipinski definition) is 1. The highest BCUT2D eigenvalue weighted by atomic mass is 16.5. The third-order valence-electron chi connectivity index (χ3n) is 2.68. The van der Waals surface area contributed by atoms with E-state index >= 15 is 0 Å². The third kappa shape index (κ3) is 1.75. The molecule has 0 aliphatic heterocycles. The Balaban J connectivity index is 2.94. The fraction of sp³-hybridized carbons (Fsp3) is 0.167. The van der Waals surface area contributed by atoms with Crippen LogP contribution >= 0.6 is 0 Å². The fourth-order valence-corrected chi connectivity index (χ4v) is 1.74. The molecule has 0 saturated carbocycles. The van der Waals surface area contributed by atoms with E-state index in [4.69, 9.17) is 9.84 Å². The lowest BCUT2D eigenvalue weighted by Gasteiger charge is -2.08. The SMILES string of the molecule is COc1ccc2c(c1)c(C(=O)O)cc(=O)n2C. The minimum Gasteiger partial charge on any atom is -0.497 e. The average molecular weight is 233 g/mol. The van der Waals surface area contributed by atoms with Gasteiger partial charge in [0.1, 0.15) is 5.75 Å². The zero-order valence-electron chi connectivity index (χ0n) is 9.43. The maximum Gasteiger partial charge on any atom is 0.336 e. The number of methoxy groups -OCH3 is 1. The predicted molar refractivity (Wildman–Crippen MR) is 62.7 cm³/mol. The third-order valence-corrected chi connectivity index (χ3v) is 2.68. The van der Waals surface area contributed by atoms with Crippen LogP contribution in [0.2, 0.25) is 0 Å². The van der Waals surface area contributed by atoms with Crippen LogP contribution < -0.4 is 10.3 Å². The molecule has 0 amide bonds. The molecular weight excluding hydrogens is 222 g/mol. The van der Waals surface area contributed by atoms with Gasteiger partial charge in [-0.05, 0) is 18.2 Å². The second-order valence-corrected chi connectivity index (χ2v) is 3.64. The number of hydrogen-bond acceptors (Lipinski definition) is 3. The number of carboxylic acid groups (broad SMARTS) is 1. The second kappa shape index (κ2) is 3.93. The minimum absolute atomic E-state index is 0.0120. The van der Waals surface area contributed by atoms with Crippen LogP contribution in [-0.2, 0) is 7.05 Å². The highest BCUT2D eigenvalue weighted by Crippen LogP contribution is 2.22. The molecule has 0 unspecified atom stereocenters. The van der Waals surface area contributed by atoms with Crippen molar-refractivity contribution >= 4 is 16.9 Å². The van der Waals surface area contributed by atoms with Crippen LogP contribution in [-0.4, -0.2) is 22.8 Å². The smallest absolute Gasteiger partial charge is 0.336 e. The fourth-order valence-electron chi connectivity index (χ4n) is 1.74. The average Bonchev–Trinajstić information content (AvgIpc) is 2.32. The van der Waals surface area contributed by atoms with E-state index in [0.717, 1.165) is 6.07 Å². The maximum atomic E-state index is 11.6. The van der Waals surface area contributed by atoms with Gasteiger partial charge in [0, 0.05) is 18.5 Å². The molecular formula is C12H11NO4. The van der Waals surface area contributed by atoms with Gasteiger partial charge in [-0.15, -0.1) is 0 Å². The van der Waals surface area contributed by atoms with Crippen LogP contribution in [0.5, 0.6) is 5.75 Å². The summed E-state index contributed by atoms with van der Waals surface area (Å²) in [6.07, 6.45) is 0. The van der Waals surface area contributed by atoms with Crippen molar-refractivity contribution in [2.24, 2.45) is 7.05 Å². The van der Waals surface area contributed by atoms with Gasteiger partial charge in [-0.3, -0.25) is 4.79 Å². The maximum absolute atomic E-state index is 11.6. The van der Waals surface area contributed by atoms with E-state index in [1.165, 1.54) is 11.7 Å². The molecule has 1 N–H and O–H groups in total. The lowest BCUT2D eigenvalue weighted by molar-refractivity contribution is 0.0699. The van der Waals surface area contributed by atoms with Gasteiger partial charge in [-0.2, -0.15) is 0 Å². The topological polar surface area (TPSA) is 68.5 Å². The first kappa shape index (κ1) is 11.2. The summed E-state index contributed by atoms with van der Waals surface area (Å²) in [4.78, 5) is 22.7. The van der Waals surface area contributed by atoms with Crippen molar-refractivity contribution < 1.29 is 14.6 Å². The van der Waals surface area contributed by atoms with Crippen LogP contribution in [0.4, 0.5) is 0 Å². The summed E-state index contributed by atoms with van der Waals surface area (Å²) < 4.78 is 6.45. The largest absolute Gasteiger partial charge is 0.497 e. The number of rotatable bonds is 2. The first-order valence-corrected chi connectivity index (χ1v) is 4.95. The van der Waals surface area contributed by atoms with Gasteiger partial charge < -0.3 is 14.4 Å². The number of nitrogens with zero attached hydrogens (tertiary/aromatic N) is 1. The van der Waals surface area contributed by atoms with Crippen molar-refractivity contribution in [3.63, 3.8) is 0 Å². The summed E-state index contributed by atoms with van der Waals surface area (Å²) in [6.45, 7) is 0. The predicted octanol–water partition coefficient (Wildman–Crippen LogP) is 1.25. The van der Waals surface area contributed by atoms with Crippen molar-refractivity contribution in [3.8, 4) is 5.75 Å². The number of ether oxygens (including phenoxy) is 1. The lowest BCUT2D eigenvalue weighted by atomic mass is 10.1. The Morgan fingerprint density at radius 2 is 2.06 bits per heavy atom. The first-order chi connectivity index (χ1) is 8.04. The van der Waals surface area contributed by atoms with Gasteiger partial charge in [0.15, 0.2) is 0 Å². The molecule has 5 nitrogen and oxygen atoms in total. The molecule has 0 bridgehead atoms. The summed E-state index contributed by atoms with van der Waals surface area (Å²) >= 11 is 0. The molecule has 1 heterocycles. The quantitative estimate of drug-likeness (QED) is 0.847. The van der Waals surface area contributed by atoms with Gasteiger partial charge in [0.25, 0.3) is 5.56 Å². The van der Waals surface area contributed by atoms with Gasteiger partial charge >= 0.3 is 5.97 Å². The van der Waals surface area contributed by atoms with Gasteiger partial charge in [0.05, 0.1) is 18.2 Å². The van der Waals surface area contributed by atoms with Gasteiger partial charge in [-0.25, -0.2) is 4.79 Å². The lowest BCUT2D eigenvalue weighted by Crippen LogP contribution is -2.18. The molecule has 2 rings (SSSR count). The molecule has 17 heavy (non-hydrogen) atoms. The number of carboxylic acids is 1. The van der Waals surface area contributed by atoms with E-state index in [0.29, 0.717) is 16.7 Å². The monoisotopic (exact) mass is 233 g/mol. The molecule has 0 saturated heterocycles. The normalized spacial score (nSPS) is 10.5. The van der Waals surface area contributed by atoms with Crippen molar-refractivity contribution in [1.82, 2.24) is 4.57 Å². The zero-order valence-corrected chi connectivity index (χ0v) is 9.43. The van der Waals surface area contributed by atoms with E-state index in [1.807, 2.05) is 0 Å². The van der Waals surface area contributed by atoms with Crippen molar-refractivity contribution in [2.75, 3.05) is 7.11 Å². The molecule has 0 aliphatic rings. The van der Waals surface area contributed by atoms with Crippen LogP contribution in [0.3, 0.4) is 0 Å². The Kier molecular flexibility index (Phi) is 2.59. The number of fused-ring (bicyclic) bond motifs is 1. The molecule has 0 spiro atoms. The summed E-state index contributed by atoms with van der Waals surface area (Å²) in [5.41, 5.74) is 0.206. The van der Waals surface area contributed by atoms with E-state index in [1.54, 1.807) is 25.2 Å². The molecule has 0 aliphatic carbocycles. The summed E-state index contributed by atoms with van der Waals surface area (Å²) in [5.74, 6) is -0.570. The number of carbonyl (C=O) groups is 1. The molecule has 5 heteroatoms. The van der Waals surface area contributed by atoms with Crippen LogP contribution in [0.1, 0.15) is 10.4 Å². The molecule has 0 fully saturated rings. The highest BCUT2D eigenvalue weighted by Gasteiger charge is 2.12. The Hall–Kier alpha value is -2.30. The Labute approximate surface area is 96.9 Å². The summed E-state index contributed by atoms with van der Waals surface area (Å²) in [7, 11) is 3.10. The van der Waals surface area contributed by atoms with Crippen LogP contribution in [0.15, 0.2) is 29.1 Å². The molecule has 0 atom stereocenters. The molecule has 88 valence electrons. The summed E-state index contributed by atoms with van der Waals surface area (Å²) in [6, 6.07) is 6.08. The number of benzene rings is 1. The second-order valence-electron chi connectivity index (χ2n) is 3.64. The minimum atomic E-state index is -1.12. The van der Waals surface area contributed by atoms with Crippen molar-refractivity contribution in [1.29, 1.82) is 0 Å². The zero-order chi connectivity index (χ0) is 12.6. The summed E-state index contributed by atoms with van der Waals surface area (Å²) in [5, 5.41) is 9.56. The van der Waals surface area contributed by atoms with Crippen LogP contribution in [0, 0.1) is 0 Å². The number of aromatic nitrogens is 1. The molecule has 2 aromatic rings. The van der Waals surface area contributed by atoms with Crippen LogP contribution in [0.25, 0.3) is 10.9 Å². The molecule has 1 aromatic heterocycles. The first-order valence-electron chi connectivity index (χ1n) is 4.95. The van der Waals surface area contributed by atoms with E-state index in [-0.39, 0.29) is 11.1 Å². The van der Waals surface area contributed by atoms with Crippen molar-refractivity contribution in [3.05, 3.63) is 40.2 Å². The van der Waals surface area contributed by atoms with E-state index < -0.39 is 5.97 Å². The Bertz CT molecular complexity index is 657. The standard InChI is InChI=1S/C12H11NO4/c1-13-10-4-3-7(17-2)5-8(10)9(12(15)16)6-11(13)14/h3-6H,1-2H3,(H,15,16). The Morgan fingerprint density at radius 3 is 2.65 bits per heavy atom. The van der Waals surface area contributed by atoms with Crippen molar-refractivity contribution in [2.45, 2.75) is 0 Å². The number of aryl methyl sites for hydroxylation is 1. The van der Waals surface area contributed by atoms with Gasteiger partial charge in [-0.1, -0.05) is 0 Å². The Morgan fingerprint density at radius 1 is 1.35 bits per heavy atom. The molecule has 1 aromatic carbocycles. The van der Waals surface area contributed by atoms with E-state index in [2.05, 4.69) is 0 Å². The number of pyridine rings is 1. The number of aromatic carboxylic acids is 1. The van der Waals surface area contributed by atoms with E-state index in [9.17, 15) is 9.59 Å².